The van der Waals surface area contributed by atoms with Gasteiger partial charge >= 0.3 is 5.97 Å². The van der Waals surface area contributed by atoms with E-state index in [9.17, 15) is 14.4 Å². The molecule has 1 aliphatic heterocycles. The van der Waals surface area contributed by atoms with Crippen molar-refractivity contribution in [3.8, 4) is 0 Å². The molecule has 1 N–H and O–H groups in total. The molecule has 0 spiro atoms. The van der Waals surface area contributed by atoms with Gasteiger partial charge in [0.25, 0.3) is 5.91 Å². The number of amides is 1. The number of ketones is 1. The molecule has 0 bridgehead atoms. The predicted molar refractivity (Wildman–Crippen MR) is 73.1 cm³/mol. The van der Waals surface area contributed by atoms with Crippen molar-refractivity contribution >= 4 is 17.7 Å². The Balaban J connectivity index is 2.00. The molecule has 0 aromatic heterocycles. The number of hydrogen-bond donors (Lipinski definition) is 1. The zero-order valence-electron chi connectivity index (χ0n) is 12.0. The molecule has 112 valence electrons. The average Bonchev–Trinajstić information content (AvgIpc) is 2.95. The molecule has 2 fully saturated rings. The lowest BCUT2D eigenvalue weighted by molar-refractivity contribution is -0.153. The van der Waals surface area contributed by atoms with Gasteiger partial charge in [-0.05, 0) is 31.6 Å². The number of carbonyl (C=O) groups excluding carboxylic acids is 2. The average molecular weight is 281 g/mol. The summed E-state index contributed by atoms with van der Waals surface area (Å²) in [5.74, 6) is -1.99. The standard InChI is InChI=1S/C15H23NO4/c1-10(11-6-3-2-4-7-11)13(17)14(18)16-9-5-8-12(16)15(19)20/h10-12H,2-9H2,1H3,(H,19,20). The van der Waals surface area contributed by atoms with Crippen LogP contribution in [0.1, 0.15) is 51.9 Å². The normalized spacial score (nSPS) is 25.4. The number of carboxylic acids is 1. The molecule has 2 unspecified atom stereocenters. The first-order valence-electron chi connectivity index (χ1n) is 7.60. The van der Waals surface area contributed by atoms with E-state index in [0.717, 1.165) is 25.7 Å². The van der Waals surface area contributed by atoms with Crippen molar-refractivity contribution < 1.29 is 19.5 Å². The molecule has 1 heterocycles. The third kappa shape index (κ3) is 3.02. The van der Waals surface area contributed by atoms with Gasteiger partial charge in [-0.2, -0.15) is 0 Å². The van der Waals surface area contributed by atoms with Gasteiger partial charge in [0, 0.05) is 12.5 Å². The summed E-state index contributed by atoms with van der Waals surface area (Å²) in [6, 6.07) is -0.815. The molecular formula is C15H23NO4. The van der Waals surface area contributed by atoms with E-state index in [1.807, 2.05) is 6.92 Å². The summed E-state index contributed by atoms with van der Waals surface area (Å²) in [5, 5.41) is 9.10. The highest BCUT2D eigenvalue weighted by Gasteiger charge is 2.39. The summed E-state index contributed by atoms with van der Waals surface area (Å²) in [5.41, 5.74) is 0. The van der Waals surface area contributed by atoms with E-state index in [0.29, 0.717) is 19.4 Å². The second kappa shape index (κ2) is 6.37. The maximum absolute atomic E-state index is 12.3. The van der Waals surface area contributed by atoms with Gasteiger partial charge in [0.2, 0.25) is 5.78 Å². The van der Waals surface area contributed by atoms with Crippen molar-refractivity contribution in [3.63, 3.8) is 0 Å². The number of carboxylic acid groups (broad SMARTS) is 1. The number of Topliss-reactive ketones (excluding diaryl/α,β-unsaturated/α-hetero) is 1. The second-order valence-electron chi connectivity index (χ2n) is 6.05. The quantitative estimate of drug-likeness (QED) is 0.798. The highest BCUT2D eigenvalue weighted by Crippen LogP contribution is 2.31. The number of aliphatic carboxylic acids is 1. The molecule has 20 heavy (non-hydrogen) atoms. The van der Waals surface area contributed by atoms with Gasteiger partial charge in [-0.25, -0.2) is 4.79 Å². The molecule has 2 atom stereocenters. The van der Waals surface area contributed by atoms with E-state index in [2.05, 4.69) is 0 Å². The maximum Gasteiger partial charge on any atom is 0.326 e. The van der Waals surface area contributed by atoms with Crippen molar-refractivity contribution in [2.45, 2.75) is 57.9 Å². The monoisotopic (exact) mass is 281 g/mol. The van der Waals surface area contributed by atoms with Crippen LogP contribution in [-0.2, 0) is 14.4 Å². The van der Waals surface area contributed by atoms with Crippen molar-refractivity contribution in [1.29, 1.82) is 0 Å². The molecule has 5 nitrogen and oxygen atoms in total. The minimum absolute atomic E-state index is 0.280. The first kappa shape index (κ1) is 15.0. The van der Waals surface area contributed by atoms with Gasteiger partial charge in [0.1, 0.15) is 6.04 Å². The Labute approximate surface area is 119 Å². The lowest BCUT2D eigenvalue weighted by atomic mass is 9.79. The van der Waals surface area contributed by atoms with Crippen LogP contribution in [0.15, 0.2) is 0 Å². The third-order valence-corrected chi connectivity index (χ3v) is 4.78. The van der Waals surface area contributed by atoms with Crippen molar-refractivity contribution in [1.82, 2.24) is 4.90 Å². The molecule has 1 aliphatic carbocycles. The predicted octanol–water partition coefficient (Wildman–Crippen LogP) is 1.85. The fourth-order valence-corrected chi connectivity index (χ4v) is 3.45. The zero-order valence-corrected chi connectivity index (χ0v) is 12.0. The summed E-state index contributed by atoms with van der Waals surface area (Å²) in [7, 11) is 0. The number of carbonyl (C=O) groups is 3. The van der Waals surface area contributed by atoms with E-state index in [1.165, 1.54) is 11.3 Å². The summed E-state index contributed by atoms with van der Waals surface area (Å²) in [4.78, 5) is 36.9. The molecule has 5 heteroatoms. The van der Waals surface area contributed by atoms with Crippen LogP contribution in [0.4, 0.5) is 0 Å². The Hall–Kier alpha value is -1.39. The van der Waals surface area contributed by atoms with Crippen LogP contribution in [0.25, 0.3) is 0 Å². The molecule has 1 saturated heterocycles. The number of hydrogen-bond acceptors (Lipinski definition) is 3. The van der Waals surface area contributed by atoms with Crippen LogP contribution in [0, 0.1) is 11.8 Å². The smallest absolute Gasteiger partial charge is 0.326 e. The number of rotatable bonds is 4. The number of nitrogens with zero attached hydrogens (tertiary/aromatic N) is 1. The molecule has 2 rings (SSSR count). The summed E-state index contributed by atoms with van der Waals surface area (Å²) >= 11 is 0. The van der Waals surface area contributed by atoms with E-state index in [-0.39, 0.29) is 11.8 Å². The Morgan fingerprint density at radius 2 is 1.70 bits per heavy atom. The van der Waals surface area contributed by atoms with Gasteiger partial charge in [0.05, 0.1) is 0 Å². The van der Waals surface area contributed by atoms with Gasteiger partial charge in [-0.1, -0.05) is 26.2 Å². The maximum atomic E-state index is 12.3. The Kier molecular flexibility index (Phi) is 4.78. The van der Waals surface area contributed by atoms with Crippen molar-refractivity contribution in [2.75, 3.05) is 6.54 Å². The molecule has 0 aromatic rings. The number of likely N-dealkylation sites (tertiary alicyclic amines) is 1. The van der Waals surface area contributed by atoms with E-state index in [1.54, 1.807) is 0 Å². The molecule has 1 saturated carbocycles. The van der Waals surface area contributed by atoms with Crippen LogP contribution in [0.3, 0.4) is 0 Å². The summed E-state index contributed by atoms with van der Waals surface area (Å²) in [6.07, 6.45) is 6.57. The molecule has 1 amide bonds. The first-order valence-corrected chi connectivity index (χ1v) is 7.60. The third-order valence-electron chi connectivity index (χ3n) is 4.78. The van der Waals surface area contributed by atoms with Crippen molar-refractivity contribution in [2.24, 2.45) is 11.8 Å². The van der Waals surface area contributed by atoms with E-state index >= 15 is 0 Å². The SMILES string of the molecule is CC(C(=O)C(=O)N1CCCC1C(=O)O)C1CCCCC1. The Bertz CT molecular complexity index is 401. The highest BCUT2D eigenvalue weighted by atomic mass is 16.4. The van der Waals surface area contributed by atoms with E-state index in [4.69, 9.17) is 5.11 Å². The van der Waals surface area contributed by atoms with Gasteiger partial charge in [0.15, 0.2) is 0 Å². The highest BCUT2D eigenvalue weighted by molar-refractivity contribution is 6.37. The van der Waals surface area contributed by atoms with Crippen molar-refractivity contribution in [3.05, 3.63) is 0 Å². The molecular weight excluding hydrogens is 258 g/mol. The molecule has 0 aromatic carbocycles. The Morgan fingerprint density at radius 1 is 1.05 bits per heavy atom. The zero-order chi connectivity index (χ0) is 14.7. The van der Waals surface area contributed by atoms with Crippen LogP contribution >= 0.6 is 0 Å². The molecule has 2 aliphatic rings. The second-order valence-corrected chi connectivity index (χ2v) is 6.05. The lowest BCUT2D eigenvalue weighted by Crippen LogP contribution is -2.46. The summed E-state index contributed by atoms with van der Waals surface area (Å²) < 4.78 is 0. The molecule has 0 radical (unpaired) electrons. The lowest BCUT2D eigenvalue weighted by Gasteiger charge is -2.28. The first-order chi connectivity index (χ1) is 9.52. The Morgan fingerprint density at radius 3 is 2.30 bits per heavy atom. The fraction of sp³-hybridized carbons (Fsp3) is 0.800. The minimum Gasteiger partial charge on any atom is -0.480 e. The fourth-order valence-electron chi connectivity index (χ4n) is 3.45. The van der Waals surface area contributed by atoms with Gasteiger partial charge in [-0.3, -0.25) is 9.59 Å². The van der Waals surface area contributed by atoms with Crippen LogP contribution in [0.5, 0.6) is 0 Å². The van der Waals surface area contributed by atoms with Gasteiger partial charge in [-0.15, -0.1) is 0 Å². The minimum atomic E-state index is -1.01. The van der Waals surface area contributed by atoms with Crippen LogP contribution in [-0.4, -0.2) is 40.3 Å². The van der Waals surface area contributed by atoms with Crippen LogP contribution in [0.2, 0.25) is 0 Å². The van der Waals surface area contributed by atoms with Crippen LogP contribution < -0.4 is 0 Å². The topological polar surface area (TPSA) is 74.7 Å². The van der Waals surface area contributed by atoms with Gasteiger partial charge < -0.3 is 10.0 Å². The summed E-state index contributed by atoms with van der Waals surface area (Å²) in [6.45, 7) is 2.21. The van der Waals surface area contributed by atoms with E-state index < -0.39 is 23.7 Å². The largest absolute Gasteiger partial charge is 0.480 e.